The normalized spacial score (nSPS) is 31.6. The first-order valence-corrected chi connectivity index (χ1v) is 8.06. The average Bonchev–Trinajstić information content (AvgIpc) is 2.41. The van der Waals surface area contributed by atoms with Gasteiger partial charge in [-0.05, 0) is 24.2 Å². The summed E-state index contributed by atoms with van der Waals surface area (Å²) in [6.45, 7) is 7.26. The highest BCUT2D eigenvalue weighted by atomic mass is 16.2. The molecule has 4 heteroatoms. The monoisotopic (exact) mass is 280 g/mol. The molecule has 2 amide bonds. The predicted molar refractivity (Wildman–Crippen MR) is 79.1 cm³/mol. The second kappa shape index (κ2) is 6.59. The molecule has 1 unspecified atom stereocenters. The first-order valence-electron chi connectivity index (χ1n) is 8.06. The Morgan fingerprint density at radius 3 is 2.45 bits per heavy atom. The van der Waals surface area contributed by atoms with Gasteiger partial charge in [-0.25, -0.2) is 0 Å². The van der Waals surface area contributed by atoms with Crippen LogP contribution in [0.4, 0.5) is 0 Å². The Morgan fingerprint density at radius 1 is 1.20 bits per heavy atom. The van der Waals surface area contributed by atoms with Crippen molar-refractivity contribution in [2.24, 2.45) is 17.8 Å². The zero-order valence-electron chi connectivity index (χ0n) is 13.0. The van der Waals surface area contributed by atoms with Gasteiger partial charge in [0.15, 0.2) is 0 Å². The Morgan fingerprint density at radius 2 is 1.85 bits per heavy atom. The summed E-state index contributed by atoms with van der Waals surface area (Å²) in [6, 6.07) is -0.279. The zero-order valence-corrected chi connectivity index (χ0v) is 13.0. The van der Waals surface area contributed by atoms with Crippen LogP contribution in [0.3, 0.4) is 0 Å². The van der Waals surface area contributed by atoms with Crippen molar-refractivity contribution in [3.8, 4) is 0 Å². The second-order valence-corrected chi connectivity index (χ2v) is 6.91. The molecule has 1 aliphatic carbocycles. The summed E-state index contributed by atoms with van der Waals surface area (Å²) in [5.74, 6) is 1.85. The summed E-state index contributed by atoms with van der Waals surface area (Å²) in [6.07, 6.45) is 6.23. The van der Waals surface area contributed by atoms with E-state index in [1.807, 2.05) is 18.7 Å². The fourth-order valence-electron chi connectivity index (χ4n) is 3.53. The summed E-state index contributed by atoms with van der Waals surface area (Å²) in [7, 11) is 0. The number of hydrogen-bond acceptors (Lipinski definition) is 2. The van der Waals surface area contributed by atoms with Crippen LogP contribution in [0.15, 0.2) is 0 Å². The standard InChI is InChI=1S/C16H28N2O2/c1-11(2)15-16(20)17-10-14(19)18(15)9-8-13-6-4-12(3)5-7-13/h11-13,15H,4-10H2,1-3H3,(H,17,20). The quantitative estimate of drug-likeness (QED) is 0.858. The van der Waals surface area contributed by atoms with Crippen molar-refractivity contribution in [3.05, 3.63) is 0 Å². The summed E-state index contributed by atoms with van der Waals surface area (Å²) in [5.41, 5.74) is 0. The van der Waals surface area contributed by atoms with E-state index in [0.29, 0.717) is 0 Å². The van der Waals surface area contributed by atoms with Crippen molar-refractivity contribution >= 4 is 11.8 Å². The number of piperazine rings is 1. The Labute approximate surface area is 122 Å². The number of nitrogens with zero attached hydrogens (tertiary/aromatic N) is 1. The highest BCUT2D eigenvalue weighted by Crippen LogP contribution is 2.31. The number of hydrogen-bond donors (Lipinski definition) is 1. The molecule has 0 radical (unpaired) electrons. The van der Waals surface area contributed by atoms with E-state index in [-0.39, 0.29) is 30.3 Å². The van der Waals surface area contributed by atoms with Gasteiger partial charge in [0.05, 0.1) is 6.54 Å². The average molecular weight is 280 g/mol. The third kappa shape index (κ3) is 3.53. The minimum Gasteiger partial charge on any atom is -0.345 e. The van der Waals surface area contributed by atoms with Gasteiger partial charge in [0.2, 0.25) is 11.8 Å². The van der Waals surface area contributed by atoms with Gasteiger partial charge in [-0.3, -0.25) is 9.59 Å². The lowest BCUT2D eigenvalue weighted by Gasteiger charge is -2.38. The SMILES string of the molecule is CC1CCC(CCN2C(=O)CNC(=O)C2C(C)C)CC1. The minimum atomic E-state index is -0.279. The maximum Gasteiger partial charge on any atom is 0.243 e. The molecule has 1 saturated heterocycles. The minimum absolute atomic E-state index is 0.0110. The fourth-order valence-corrected chi connectivity index (χ4v) is 3.53. The van der Waals surface area contributed by atoms with E-state index in [4.69, 9.17) is 0 Å². The molecule has 1 aliphatic heterocycles. The lowest BCUT2D eigenvalue weighted by molar-refractivity contribution is -0.147. The Kier molecular flexibility index (Phi) is 5.06. The molecule has 2 fully saturated rings. The van der Waals surface area contributed by atoms with E-state index in [1.165, 1.54) is 25.7 Å². The summed E-state index contributed by atoms with van der Waals surface area (Å²) in [4.78, 5) is 25.9. The smallest absolute Gasteiger partial charge is 0.243 e. The Hall–Kier alpha value is -1.06. The molecule has 0 bridgehead atoms. The summed E-state index contributed by atoms with van der Waals surface area (Å²) in [5, 5.41) is 2.71. The molecule has 20 heavy (non-hydrogen) atoms. The maximum absolute atomic E-state index is 12.1. The van der Waals surface area contributed by atoms with E-state index in [1.54, 1.807) is 0 Å². The number of rotatable bonds is 4. The molecular weight excluding hydrogens is 252 g/mol. The highest BCUT2D eigenvalue weighted by molar-refractivity contribution is 5.94. The van der Waals surface area contributed by atoms with Crippen LogP contribution in [0, 0.1) is 17.8 Å². The zero-order chi connectivity index (χ0) is 14.7. The van der Waals surface area contributed by atoms with Crippen LogP contribution >= 0.6 is 0 Å². The van der Waals surface area contributed by atoms with Crippen molar-refractivity contribution < 1.29 is 9.59 Å². The van der Waals surface area contributed by atoms with Crippen LogP contribution < -0.4 is 5.32 Å². The molecule has 0 aromatic carbocycles. The van der Waals surface area contributed by atoms with Crippen LogP contribution in [0.25, 0.3) is 0 Å². The van der Waals surface area contributed by atoms with Gasteiger partial charge < -0.3 is 10.2 Å². The lowest BCUT2D eigenvalue weighted by atomic mass is 9.81. The van der Waals surface area contributed by atoms with Gasteiger partial charge in [-0.2, -0.15) is 0 Å². The number of nitrogens with one attached hydrogen (secondary N) is 1. The van der Waals surface area contributed by atoms with Crippen molar-refractivity contribution in [2.75, 3.05) is 13.1 Å². The third-order valence-electron chi connectivity index (χ3n) is 4.88. The predicted octanol–water partition coefficient (Wildman–Crippen LogP) is 2.19. The molecule has 0 spiro atoms. The number of carbonyl (C=O) groups excluding carboxylic acids is 2. The van der Waals surface area contributed by atoms with Gasteiger partial charge in [0, 0.05) is 6.54 Å². The molecule has 2 aliphatic rings. The van der Waals surface area contributed by atoms with E-state index < -0.39 is 0 Å². The van der Waals surface area contributed by atoms with Gasteiger partial charge in [-0.1, -0.05) is 46.5 Å². The maximum atomic E-state index is 12.1. The summed E-state index contributed by atoms with van der Waals surface area (Å²) < 4.78 is 0. The van der Waals surface area contributed by atoms with Crippen LogP contribution in [0.1, 0.15) is 52.9 Å². The van der Waals surface area contributed by atoms with Crippen LogP contribution in [0.5, 0.6) is 0 Å². The van der Waals surface area contributed by atoms with E-state index in [0.717, 1.165) is 24.8 Å². The van der Waals surface area contributed by atoms with Crippen molar-refractivity contribution in [1.29, 1.82) is 0 Å². The van der Waals surface area contributed by atoms with E-state index >= 15 is 0 Å². The van der Waals surface area contributed by atoms with E-state index in [2.05, 4.69) is 12.2 Å². The van der Waals surface area contributed by atoms with Gasteiger partial charge in [0.1, 0.15) is 6.04 Å². The van der Waals surface area contributed by atoms with Crippen molar-refractivity contribution in [3.63, 3.8) is 0 Å². The highest BCUT2D eigenvalue weighted by Gasteiger charge is 2.36. The lowest BCUT2D eigenvalue weighted by Crippen LogP contribution is -2.60. The molecule has 1 atom stereocenters. The van der Waals surface area contributed by atoms with Gasteiger partial charge >= 0.3 is 0 Å². The van der Waals surface area contributed by atoms with Gasteiger partial charge in [0.25, 0.3) is 0 Å². The van der Waals surface area contributed by atoms with Crippen LogP contribution in [-0.2, 0) is 9.59 Å². The Bertz CT molecular complexity index is 359. The molecule has 114 valence electrons. The first kappa shape index (κ1) is 15.3. The second-order valence-electron chi connectivity index (χ2n) is 6.91. The largest absolute Gasteiger partial charge is 0.345 e. The molecule has 0 aromatic rings. The van der Waals surface area contributed by atoms with Crippen molar-refractivity contribution in [2.45, 2.75) is 58.9 Å². The fraction of sp³-hybridized carbons (Fsp3) is 0.875. The Balaban J connectivity index is 1.91. The van der Waals surface area contributed by atoms with Gasteiger partial charge in [-0.15, -0.1) is 0 Å². The van der Waals surface area contributed by atoms with Crippen molar-refractivity contribution in [1.82, 2.24) is 10.2 Å². The first-order chi connectivity index (χ1) is 9.49. The topological polar surface area (TPSA) is 49.4 Å². The van der Waals surface area contributed by atoms with Crippen LogP contribution in [0.2, 0.25) is 0 Å². The molecular formula is C16H28N2O2. The molecule has 1 saturated carbocycles. The number of amides is 2. The third-order valence-corrected chi connectivity index (χ3v) is 4.88. The molecule has 0 aromatic heterocycles. The van der Waals surface area contributed by atoms with E-state index in [9.17, 15) is 9.59 Å². The summed E-state index contributed by atoms with van der Waals surface area (Å²) >= 11 is 0. The van der Waals surface area contributed by atoms with Crippen LogP contribution in [-0.4, -0.2) is 35.8 Å². The molecule has 1 N–H and O–H groups in total. The molecule has 2 rings (SSSR count). The number of carbonyl (C=O) groups is 2. The molecule has 1 heterocycles. The molecule has 4 nitrogen and oxygen atoms in total.